The Hall–Kier alpha value is -6.01. The number of hydrogen-bond acceptors (Lipinski definition) is 5. The van der Waals surface area contributed by atoms with Gasteiger partial charge in [0.25, 0.3) is 10.0 Å². The van der Waals surface area contributed by atoms with Crippen LogP contribution >= 0.6 is 69.6 Å². The van der Waals surface area contributed by atoms with Gasteiger partial charge in [0.05, 0.1) is 57.8 Å². The van der Waals surface area contributed by atoms with Gasteiger partial charge in [-0.3, -0.25) is 4.72 Å². The maximum Gasteiger partial charge on any atom is 0.261 e. The van der Waals surface area contributed by atoms with Gasteiger partial charge in [0.1, 0.15) is 0 Å². The average molecular weight is 992 g/mol. The first-order valence-electron chi connectivity index (χ1n) is 19.8. The Labute approximate surface area is 403 Å². The summed E-state index contributed by atoms with van der Waals surface area (Å²) in [6.45, 7) is 0. The average Bonchev–Trinajstić information content (AvgIpc) is 4.13. The van der Waals surface area contributed by atoms with Crippen LogP contribution < -0.4 is 10.5 Å². The molecule has 0 radical (unpaired) electrons. The van der Waals surface area contributed by atoms with Crippen molar-refractivity contribution in [3.8, 4) is 44.5 Å². The van der Waals surface area contributed by atoms with Crippen LogP contribution in [0, 0.1) is 0 Å². The number of H-pyrrole nitrogens is 2. The highest BCUT2D eigenvalue weighted by molar-refractivity contribution is 7.92. The second-order valence-electron chi connectivity index (χ2n) is 15.0. The maximum absolute atomic E-state index is 13.6. The van der Waals surface area contributed by atoms with Crippen LogP contribution in [0.5, 0.6) is 0 Å². The number of fused-ring (bicyclic) bond motifs is 8. The molecule has 8 aromatic rings. The fourth-order valence-electron chi connectivity index (χ4n) is 8.07. The summed E-state index contributed by atoms with van der Waals surface area (Å²) < 4.78 is 29.8. The highest BCUT2D eigenvalue weighted by Crippen LogP contribution is 2.45. The molecule has 8 bridgehead atoms. The van der Waals surface area contributed by atoms with E-state index < -0.39 is 10.0 Å². The van der Waals surface area contributed by atoms with Crippen LogP contribution in [0.3, 0.4) is 0 Å². The Morgan fingerprint density at radius 2 is 0.754 bits per heavy atom. The molecule has 5 heterocycles. The molecule has 0 amide bonds. The molecule has 0 atom stereocenters. The molecule has 2 aliphatic rings. The minimum absolute atomic E-state index is 0.0538. The first-order valence-corrected chi connectivity index (χ1v) is 23.6. The number of rotatable bonds is 7. The molecule has 8 nitrogen and oxygen atoms in total. The lowest BCUT2D eigenvalue weighted by Gasteiger charge is -2.11. The van der Waals surface area contributed by atoms with Crippen LogP contribution in [-0.2, 0) is 10.0 Å². The molecule has 0 fully saturated rings. The van der Waals surface area contributed by atoms with Gasteiger partial charge < -0.3 is 15.7 Å². The quantitative estimate of drug-likeness (QED) is 0.118. The van der Waals surface area contributed by atoms with Crippen molar-refractivity contribution in [2.45, 2.75) is 4.90 Å². The summed E-state index contributed by atoms with van der Waals surface area (Å²) >= 11 is 41.9. The molecule has 65 heavy (non-hydrogen) atoms. The molecule has 0 saturated heterocycles. The molecule has 10 rings (SSSR count). The summed E-state index contributed by atoms with van der Waals surface area (Å²) in [5.41, 5.74) is 16.4. The van der Waals surface area contributed by atoms with E-state index in [9.17, 15) is 8.42 Å². The van der Waals surface area contributed by atoms with Gasteiger partial charge in [-0.2, -0.15) is 0 Å². The maximum atomic E-state index is 13.6. The molecule has 3 aromatic heterocycles. The van der Waals surface area contributed by atoms with Gasteiger partial charge in [-0.25, -0.2) is 18.4 Å². The van der Waals surface area contributed by atoms with Crippen LogP contribution in [0.2, 0.25) is 30.1 Å². The number of nitrogens with two attached hydrogens (primary N) is 1. The summed E-state index contributed by atoms with van der Waals surface area (Å²) in [5, 5.41) is 2.48. The zero-order chi connectivity index (χ0) is 45.1. The van der Waals surface area contributed by atoms with Gasteiger partial charge >= 0.3 is 0 Å². The topological polar surface area (TPSA) is 130 Å². The highest BCUT2D eigenvalue weighted by atomic mass is 35.5. The van der Waals surface area contributed by atoms with Gasteiger partial charge in [0, 0.05) is 72.4 Å². The molecule has 0 aliphatic carbocycles. The number of halogens is 6. The standard InChI is InChI=1S/C50H30Cl6N6O2S/c51-30-4-1-5-31(52)45(30)48-38-20-18-36(58-38)44(26-10-16-29(17-11-26)65(63,64)62-28-14-12-27(57)13-15-28)37-19-21-39(59-37)49(46-32(53)6-2-7-33(46)54)41-23-25-43(61-41)50(42-24-22-40(48)60-42)47-34(55)8-3-9-35(47)56/h1-25,58,61-62H,57H2. The van der Waals surface area contributed by atoms with E-state index in [4.69, 9.17) is 85.3 Å². The molecular weight excluding hydrogens is 961 g/mol. The van der Waals surface area contributed by atoms with Crippen LogP contribution in [0.1, 0.15) is 22.8 Å². The number of aromatic nitrogens is 4. The van der Waals surface area contributed by atoms with Crippen LogP contribution in [0.15, 0.2) is 132 Å². The number of sulfonamides is 1. The second kappa shape index (κ2) is 17.1. The van der Waals surface area contributed by atoms with Gasteiger partial charge in [-0.05, 0) is 127 Å². The van der Waals surface area contributed by atoms with E-state index in [1.54, 1.807) is 103 Å². The summed E-state index contributed by atoms with van der Waals surface area (Å²) in [5.74, 6) is 0. The van der Waals surface area contributed by atoms with E-state index in [-0.39, 0.29) is 4.90 Å². The number of nitrogens with zero attached hydrogens (tertiary/aromatic N) is 2. The number of hydrogen-bond donors (Lipinski definition) is 4. The Kier molecular flexibility index (Phi) is 11.3. The first-order chi connectivity index (χ1) is 31.3. The lowest BCUT2D eigenvalue weighted by molar-refractivity contribution is 0.601. The van der Waals surface area contributed by atoms with Crippen molar-refractivity contribution >= 4 is 137 Å². The predicted octanol–water partition coefficient (Wildman–Crippen LogP) is 15.6. The molecule has 2 aliphatic heterocycles. The molecule has 0 spiro atoms. The first kappa shape index (κ1) is 42.9. The largest absolute Gasteiger partial charge is 0.399 e. The zero-order valence-electron chi connectivity index (χ0n) is 33.4. The molecule has 5 aromatic carbocycles. The molecule has 320 valence electrons. The number of anilines is 2. The molecule has 0 saturated carbocycles. The van der Waals surface area contributed by atoms with Crippen LogP contribution in [0.25, 0.3) is 90.9 Å². The van der Waals surface area contributed by atoms with E-state index in [2.05, 4.69) is 14.7 Å². The minimum atomic E-state index is -3.97. The van der Waals surface area contributed by atoms with E-state index >= 15 is 0 Å². The van der Waals surface area contributed by atoms with Gasteiger partial charge in [0.15, 0.2) is 0 Å². The predicted molar refractivity (Wildman–Crippen MR) is 272 cm³/mol. The van der Waals surface area contributed by atoms with E-state index in [0.29, 0.717) is 131 Å². The van der Waals surface area contributed by atoms with E-state index in [0.717, 1.165) is 0 Å². The lowest BCUT2D eigenvalue weighted by Crippen LogP contribution is -2.12. The Morgan fingerprint density at radius 3 is 1.12 bits per heavy atom. The smallest absolute Gasteiger partial charge is 0.261 e. The normalized spacial score (nSPS) is 12.2. The molecule has 15 heteroatoms. The minimum Gasteiger partial charge on any atom is -0.399 e. The summed E-state index contributed by atoms with van der Waals surface area (Å²) in [6.07, 6.45) is 7.58. The highest BCUT2D eigenvalue weighted by Gasteiger charge is 2.24. The fourth-order valence-corrected chi connectivity index (χ4v) is 10.9. The Balaban J connectivity index is 1.32. The SMILES string of the molecule is Nc1ccc(NS(=O)(=O)c2ccc(-c3c4nc(c(-c5c(Cl)cccc5Cl)c5ccc([nH]5)c(-c5c(Cl)cccc5Cl)c5nc(c(-c6c(Cl)cccc6Cl)c6ccc3[nH]6)C=C5)C=C4)cc2)cc1. The Bertz CT molecular complexity index is 3510. The van der Waals surface area contributed by atoms with Crippen molar-refractivity contribution in [2.75, 3.05) is 10.5 Å². The number of nitrogens with one attached hydrogen (secondary N) is 3. The summed E-state index contributed by atoms with van der Waals surface area (Å²) in [7, 11) is -3.97. The van der Waals surface area contributed by atoms with E-state index in [1.807, 2.05) is 48.6 Å². The molecule has 0 unspecified atom stereocenters. The fraction of sp³-hybridized carbons (Fsp3) is 0. The van der Waals surface area contributed by atoms with Gasteiger partial charge in [0.2, 0.25) is 0 Å². The second-order valence-corrected chi connectivity index (χ2v) is 19.2. The number of nitrogen functional groups attached to an aromatic ring is 1. The third-order valence-electron chi connectivity index (χ3n) is 11.0. The summed E-state index contributed by atoms with van der Waals surface area (Å²) in [6, 6.07) is 36.7. The third-order valence-corrected chi connectivity index (χ3v) is 14.3. The van der Waals surface area contributed by atoms with Gasteiger partial charge in [-0.15, -0.1) is 0 Å². The lowest BCUT2D eigenvalue weighted by atomic mass is 10.0. The zero-order valence-corrected chi connectivity index (χ0v) is 38.8. The van der Waals surface area contributed by atoms with E-state index in [1.165, 1.54) is 0 Å². The number of benzene rings is 5. The van der Waals surface area contributed by atoms with Crippen molar-refractivity contribution in [3.05, 3.63) is 180 Å². The van der Waals surface area contributed by atoms with Crippen molar-refractivity contribution in [1.82, 2.24) is 19.9 Å². The molecule has 5 N–H and O–H groups in total. The number of aromatic amines is 2. The summed E-state index contributed by atoms with van der Waals surface area (Å²) in [4.78, 5) is 17.9. The third kappa shape index (κ3) is 7.97. The van der Waals surface area contributed by atoms with Gasteiger partial charge in [-0.1, -0.05) is 99.9 Å². The van der Waals surface area contributed by atoms with Crippen LogP contribution in [0.4, 0.5) is 11.4 Å². The monoisotopic (exact) mass is 988 g/mol. The van der Waals surface area contributed by atoms with Crippen LogP contribution in [-0.4, -0.2) is 28.4 Å². The van der Waals surface area contributed by atoms with Crippen molar-refractivity contribution in [3.63, 3.8) is 0 Å². The van der Waals surface area contributed by atoms with Crippen molar-refractivity contribution < 1.29 is 8.42 Å². The Morgan fingerprint density at radius 1 is 0.415 bits per heavy atom. The molecular formula is C50H30Cl6N6O2S. The van der Waals surface area contributed by atoms with Crippen molar-refractivity contribution in [1.29, 1.82) is 0 Å². The van der Waals surface area contributed by atoms with Crippen molar-refractivity contribution in [2.24, 2.45) is 0 Å².